The van der Waals surface area contributed by atoms with E-state index in [4.69, 9.17) is 11.6 Å². The van der Waals surface area contributed by atoms with Gasteiger partial charge in [-0.2, -0.15) is 0 Å². The average Bonchev–Trinajstić information content (AvgIpc) is 2.59. The number of para-hydroxylation sites is 1. The fraction of sp³-hybridized carbons (Fsp3) is 0.176. The molecule has 0 bridgehead atoms. The summed E-state index contributed by atoms with van der Waals surface area (Å²) in [4.78, 5) is 23.5. The largest absolute Gasteiger partial charge is 0.347 e. The number of nitrogens with one attached hydrogen (secondary N) is 2. The number of benzene rings is 2. The molecule has 0 aliphatic carbocycles. The van der Waals surface area contributed by atoms with Crippen LogP contribution in [-0.2, 0) is 19.4 Å². The molecule has 0 aliphatic rings. The van der Waals surface area contributed by atoms with Gasteiger partial charge in [0, 0.05) is 17.1 Å². The molecule has 2 N–H and O–H groups in total. The van der Waals surface area contributed by atoms with Crippen molar-refractivity contribution >= 4 is 38.9 Å². The third kappa shape index (κ3) is 6.21. The van der Waals surface area contributed by atoms with E-state index in [2.05, 4.69) is 10.6 Å². The molecule has 25 heavy (non-hydrogen) atoms. The Morgan fingerprint density at radius 3 is 2.36 bits per heavy atom. The molecule has 0 atom stereocenters. The summed E-state index contributed by atoms with van der Waals surface area (Å²) < 4.78 is 24.3. The Balaban J connectivity index is 1.79. The Labute approximate surface area is 151 Å². The summed E-state index contributed by atoms with van der Waals surface area (Å²) in [5.41, 5.74) is 0.616. The molecule has 2 amide bonds. The minimum Gasteiger partial charge on any atom is -0.347 e. The van der Waals surface area contributed by atoms with Crippen LogP contribution in [0.1, 0.15) is 6.42 Å². The quantitative estimate of drug-likeness (QED) is 0.770. The minimum absolute atomic E-state index is 0.0645. The summed E-state index contributed by atoms with van der Waals surface area (Å²) in [5, 5.41) is 5.32. The summed E-state index contributed by atoms with van der Waals surface area (Å²) in [5.74, 6) is -1.27. The summed E-state index contributed by atoms with van der Waals surface area (Å²) in [6.07, 6.45) is -0.243. The first-order chi connectivity index (χ1) is 11.9. The van der Waals surface area contributed by atoms with Crippen molar-refractivity contribution in [3.8, 4) is 0 Å². The zero-order chi connectivity index (χ0) is 18.3. The third-order valence-electron chi connectivity index (χ3n) is 3.26. The number of hydrogen-bond donors (Lipinski definition) is 2. The summed E-state index contributed by atoms with van der Waals surface area (Å²) in [6.45, 7) is -0.231. The van der Waals surface area contributed by atoms with Crippen molar-refractivity contribution in [3.63, 3.8) is 0 Å². The van der Waals surface area contributed by atoms with Crippen molar-refractivity contribution in [3.05, 3.63) is 59.6 Å². The highest BCUT2D eigenvalue weighted by atomic mass is 35.5. The fourth-order valence-corrected chi connectivity index (χ4v) is 3.54. The van der Waals surface area contributed by atoms with Gasteiger partial charge in [-0.25, -0.2) is 8.42 Å². The summed E-state index contributed by atoms with van der Waals surface area (Å²) in [7, 11) is -3.61. The Hall–Kier alpha value is -2.38. The van der Waals surface area contributed by atoms with Gasteiger partial charge >= 0.3 is 0 Å². The second-order valence-corrected chi connectivity index (χ2v) is 7.76. The maximum atomic E-state index is 12.2. The first kappa shape index (κ1) is 19.0. The van der Waals surface area contributed by atoms with Gasteiger partial charge in [0.1, 0.15) is 0 Å². The lowest BCUT2D eigenvalue weighted by Crippen LogP contribution is -2.33. The van der Waals surface area contributed by atoms with Crippen molar-refractivity contribution in [1.29, 1.82) is 0 Å². The van der Waals surface area contributed by atoms with E-state index in [0.29, 0.717) is 10.7 Å². The van der Waals surface area contributed by atoms with Crippen molar-refractivity contribution in [2.24, 2.45) is 0 Å². The van der Waals surface area contributed by atoms with Crippen LogP contribution in [-0.4, -0.2) is 32.5 Å². The van der Waals surface area contributed by atoms with Gasteiger partial charge in [0.2, 0.25) is 11.8 Å². The smallest absolute Gasteiger partial charge is 0.243 e. The summed E-state index contributed by atoms with van der Waals surface area (Å²) in [6, 6.07) is 14.7. The molecule has 0 saturated heterocycles. The Morgan fingerprint density at radius 1 is 0.960 bits per heavy atom. The number of amides is 2. The van der Waals surface area contributed by atoms with E-state index in [1.807, 2.05) is 6.07 Å². The number of rotatable bonds is 7. The van der Waals surface area contributed by atoms with Crippen LogP contribution in [0.2, 0.25) is 5.02 Å². The van der Waals surface area contributed by atoms with Gasteiger partial charge in [-0.15, -0.1) is 0 Å². The lowest BCUT2D eigenvalue weighted by molar-refractivity contribution is -0.123. The van der Waals surface area contributed by atoms with Crippen LogP contribution in [0.3, 0.4) is 0 Å². The van der Waals surface area contributed by atoms with Crippen LogP contribution in [0, 0.1) is 0 Å². The predicted molar refractivity (Wildman–Crippen MR) is 96.2 cm³/mol. The van der Waals surface area contributed by atoms with Crippen molar-refractivity contribution in [2.45, 2.75) is 11.3 Å². The second kappa shape index (κ2) is 8.64. The topological polar surface area (TPSA) is 92.3 Å². The fourth-order valence-electron chi connectivity index (χ4n) is 2.00. The number of carbonyl (C=O) groups excluding carboxylic acids is 2. The van der Waals surface area contributed by atoms with E-state index in [9.17, 15) is 18.0 Å². The lowest BCUT2D eigenvalue weighted by Gasteiger charge is -2.07. The molecule has 0 saturated carbocycles. The molecule has 8 heteroatoms. The Kier molecular flexibility index (Phi) is 6.55. The molecule has 2 aromatic rings. The van der Waals surface area contributed by atoms with E-state index in [1.165, 1.54) is 18.2 Å². The monoisotopic (exact) mass is 380 g/mol. The molecule has 0 aromatic heterocycles. The van der Waals surface area contributed by atoms with Crippen LogP contribution >= 0.6 is 11.6 Å². The number of hydrogen-bond acceptors (Lipinski definition) is 4. The Bertz CT molecular complexity index is 854. The highest BCUT2D eigenvalue weighted by Gasteiger charge is 2.17. The third-order valence-corrected chi connectivity index (χ3v) is 5.21. The molecule has 2 aromatic carbocycles. The van der Waals surface area contributed by atoms with Gasteiger partial charge in [-0.3, -0.25) is 9.59 Å². The van der Waals surface area contributed by atoms with E-state index in [1.54, 1.807) is 30.3 Å². The molecular weight excluding hydrogens is 364 g/mol. The number of sulfone groups is 1. The maximum Gasteiger partial charge on any atom is 0.243 e. The van der Waals surface area contributed by atoms with Gasteiger partial charge in [0.25, 0.3) is 0 Å². The SMILES string of the molecule is O=C(CCS(=O)(=O)c1cccc(Cl)c1)NCC(=O)Nc1ccccc1. The van der Waals surface area contributed by atoms with Gasteiger partial charge in [0.05, 0.1) is 17.2 Å². The molecule has 0 fully saturated rings. The molecule has 6 nitrogen and oxygen atoms in total. The molecule has 0 spiro atoms. The van der Waals surface area contributed by atoms with Gasteiger partial charge in [-0.1, -0.05) is 35.9 Å². The van der Waals surface area contributed by atoms with E-state index >= 15 is 0 Å². The van der Waals surface area contributed by atoms with Gasteiger partial charge in [0.15, 0.2) is 9.84 Å². The van der Waals surface area contributed by atoms with Crippen LogP contribution in [0.15, 0.2) is 59.5 Å². The van der Waals surface area contributed by atoms with Crippen LogP contribution in [0.25, 0.3) is 0 Å². The second-order valence-electron chi connectivity index (χ2n) is 5.22. The standard InChI is InChI=1S/C17H17ClN2O4S/c18-13-5-4-8-15(11-13)25(23,24)10-9-16(21)19-12-17(22)20-14-6-2-1-3-7-14/h1-8,11H,9-10,12H2,(H,19,21)(H,20,22). The minimum atomic E-state index is -3.61. The Morgan fingerprint density at radius 2 is 1.68 bits per heavy atom. The average molecular weight is 381 g/mol. The number of halogens is 1. The van der Waals surface area contributed by atoms with Gasteiger partial charge < -0.3 is 10.6 Å². The highest BCUT2D eigenvalue weighted by molar-refractivity contribution is 7.91. The van der Waals surface area contributed by atoms with Crippen molar-refractivity contribution in [1.82, 2.24) is 5.32 Å². The molecule has 132 valence electrons. The maximum absolute atomic E-state index is 12.2. The molecule has 0 unspecified atom stereocenters. The summed E-state index contributed by atoms with van der Waals surface area (Å²) >= 11 is 5.78. The highest BCUT2D eigenvalue weighted by Crippen LogP contribution is 2.17. The molecule has 0 heterocycles. The first-order valence-corrected chi connectivity index (χ1v) is 9.50. The molecule has 2 rings (SSSR count). The van der Waals surface area contributed by atoms with Crippen molar-refractivity contribution < 1.29 is 18.0 Å². The van der Waals surface area contributed by atoms with Gasteiger partial charge in [-0.05, 0) is 30.3 Å². The van der Waals surface area contributed by atoms with Crippen LogP contribution in [0.5, 0.6) is 0 Å². The predicted octanol–water partition coefficient (Wildman–Crippen LogP) is 2.26. The molecule has 0 radical (unpaired) electrons. The number of anilines is 1. The van der Waals surface area contributed by atoms with E-state index in [0.717, 1.165) is 0 Å². The van der Waals surface area contributed by atoms with E-state index in [-0.39, 0.29) is 23.6 Å². The molecule has 0 aliphatic heterocycles. The lowest BCUT2D eigenvalue weighted by atomic mass is 10.3. The zero-order valence-corrected chi connectivity index (χ0v) is 14.8. The molecular formula is C17H17ClN2O4S. The first-order valence-electron chi connectivity index (χ1n) is 7.47. The normalized spacial score (nSPS) is 10.9. The van der Waals surface area contributed by atoms with Crippen LogP contribution < -0.4 is 10.6 Å². The number of carbonyl (C=O) groups is 2. The van der Waals surface area contributed by atoms with Crippen LogP contribution in [0.4, 0.5) is 5.69 Å². The van der Waals surface area contributed by atoms with E-state index < -0.39 is 21.7 Å². The van der Waals surface area contributed by atoms with Crippen molar-refractivity contribution in [2.75, 3.05) is 17.6 Å². The zero-order valence-electron chi connectivity index (χ0n) is 13.2.